The molecule has 0 bridgehead atoms. The van der Waals surface area contributed by atoms with Crippen molar-refractivity contribution in [1.29, 1.82) is 0 Å². The van der Waals surface area contributed by atoms with E-state index >= 15 is 0 Å². The second-order valence-electron chi connectivity index (χ2n) is 6.43. The number of carbonyl (C=O) groups excluding carboxylic acids is 2. The van der Waals surface area contributed by atoms with Gasteiger partial charge in [0, 0.05) is 29.6 Å². The molecule has 9 heteroatoms. The lowest BCUT2D eigenvalue weighted by Crippen LogP contribution is -2.47. The molecule has 0 unspecified atom stereocenters. The first-order valence-electron chi connectivity index (χ1n) is 8.18. The van der Waals surface area contributed by atoms with E-state index in [1.54, 1.807) is 18.2 Å². The van der Waals surface area contributed by atoms with Crippen LogP contribution in [0.15, 0.2) is 18.2 Å². The second-order valence-corrected chi connectivity index (χ2v) is 9.14. The van der Waals surface area contributed by atoms with Gasteiger partial charge >= 0.3 is 0 Å². The van der Waals surface area contributed by atoms with Gasteiger partial charge < -0.3 is 9.64 Å². The van der Waals surface area contributed by atoms with Crippen molar-refractivity contribution in [2.24, 2.45) is 0 Å². The summed E-state index contributed by atoms with van der Waals surface area (Å²) in [4.78, 5) is 28.4. The van der Waals surface area contributed by atoms with Gasteiger partial charge in [-0.2, -0.15) is 0 Å². The van der Waals surface area contributed by atoms with Crippen LogP contribution in [0.1, 0.15) is 20.3 Å². The molecule has 0 N–H and O–H groups in total. The largest absolute Gasteiger partial charge is 0.372 e. The number of anilines is 1. The van der Waals surface area contributed by atoms with Gasteiger partial charge in [-0.1, -0.05) is 47.2 Å². The highest BCUT2D eigenvalue weighted by Crippen LogP contribution is 2.34. The molecular formula is C17H18Cl2N2O3S2. The fourth-order valence-electron chi connectivity index (χ4n) is 3.16. The molecule has 2 aliphatic rings. The molecular weight excluding hydrogens is 415 g/mol. The molecule has 2 saturated heterocycles. The number of amides is 2. The molecule has 0 aromatic heterocycles. The summed E-state index contributed by atoms with van der Waals surface area (Å²) in [5.41, 5.74) is 0.389. The quantitative estimate of drug-likeness (QED) is 0.523. The second kappa shape index (κ2) is 8.02. The van der Waals surface area contributed by atoms with E-state index in [0.29, 0.717) is 33.1 Å². The Bertz CT molecular complexity index is 731. The number of halogens is 2. The van der Waals surface area contributed by atoms with E-state index in [4.69, 9.17) is 40.2 Å². The molecule has 3 atom stereocenters. The molecule has 3 rings (SSSR count). The van der Waals surface area contributed by atoms with Gasteiger partial charge in [-0.15, -0.1) is 0 Å². The van der Waals surface area contributed by atoms with Gasteiger partial charge in [0.05, 0.1) is 17.9 Å². The minimum atomic E-state index is -0.541. The average molecular weight is 433 g/mol. The standard InChI is InChI=1S/C17H18Cl2N2O3S2/c1-9-7-20(8-10(2)24-9)17(25)26-14-6-15(22)21(16(14)23)13-4-11(18)3-12(19)5-13/h3-5,9-10,14H,6-8H2,1-2H3/t9-,10+,14-/m1/s1. The lowest BCUT2D eigenvalue weighted by Gasteiger charge is -2.36. The molecule has 140 valence electrons. The highest BCUT2D eigenvalue weighted by Gasteiger charge is 2.41. The summed E-state index contributed by atoms with van der Waals surface area (Å²) >= 11 is 18.8. The van der Waals surface area contributed by atoms with Crippen molar-refractivity contribution in [3.63, 3.8) is 0 Å². The van der Waals surface area contributed by atoms with Crippen molar-refractivity contribution in [1.82, 2.24) is 4.90 Å². The number of ether oxygens (including phenoxy) is 1. The SMILES string of the molecule is C[C@@H]1CN(C(=S)S[C@@H]2CC(=O)N(c3cc(Cl)cc(Cl)c3)C2=O)C[C@H](C)O1. The Morgan fingerprint density at radius 2 is 1.73 bits per heavy atom. The molecule has 1 aromatic rings. The van der Waals surface area contributed by atoms with Crippen LogP contribution in [-0.4, -0.2) is 51.6 Å². The highest BCUT2D eigenvalue weighted by molar-refractivity contribution is 8.23. The number of thioether (sulfide) groups is 1. The van der Waals surface area contributed by atoms with Gasteiger partial charge in [-0.3, -0.25) is 9.59 Å². The van der Waals surface area contributed by atoms with Crippen molar-refractivity contribution in [3.8, 4) is 0 Å². The molecule has 5 nitrogen and oxygen atoms in total. The molecule has 2 amide bonds. The number of thiocarbonyl (C=S) groups is 1. The van der Waals surface area contributed by atoms with Crippen LogP contribution in [-0.2, 0) is 14.3 Å². The van der Waals surface area contributed by atoms with E-state index in [2.05, 4.69) is 0 Å². The van der Waals surface area contributed by atoms with E-state index in [1.165, 1.54) is 11.8 Å². The minimum absolute atomic E-state index is 0.0725. The summed E-state index contributed by atoms with van der Waals surface area (Å²) in [6.07, 6.45) is 0.245. The number of hydrogen-bond acceptors (Lipinski definition) is 5. The zero-order chi connectivity index (χ0) is 19.0. The van der Waals surface area contributed by atoms with Crippen LogP contribution in [0.5, 0.6) is 0 Å². The van der Waals surface area contributed by atoms with Crippen LogP contribution < -0.4 is 4.90 Å². The third-order valence-corrected chi connectivity index (χ3v) is 6.23. The normalized spacial score (nSPS) is 26.5. The maximum atomic E-state index is 12.8. The number of nitrogens with zero attached hydrogens (tertiary/aromatic N) is 2. The number of hydrogen-bond donors (Lipinski definition) is 0. The van der Waals surface area contributed by atoms with Gasteiger partial charge in [0.2, 0.25) is 11.8 Å². The van der Waals surface area contributed by atoms with Crippen molar-refractivity contribution >= 4 is 69.0 Å². The van der Waals surface area contributed by atoms with E-state index in [0.717, 1.165) is 4.90 Å². The predicted molar refractivity (Wildman–Crippen MR) is 109 cm³/mol. The molecule has 0 aliphatic carbocycles. The van der Waals surface area contributed by atoms with Gasteiger partial charge in [0.25, 0.3) is 0 Å². The van der Waals surface area contributed by atoms with Gasteiger partial charge in [-0.25, -0.2) is 4.90 Å². The molecule has 1 aromatic carbocycles. The fraction of sp³-hybridized carbons (Fsp3) is 0.471. The van der Waals surface area contributed by atoms with Crippen molar-refractivity contribution in [3.05, 3.63) is 28.2 Å². The average Bonchev–Trinajstić information content (AvgIpc) is 2.79. The van der Waals surface area contributed by atoms with E-state index in [9.17, 15) is 9.59 Å². The van der Waals surface area contributed by atoms with Crippen LogP contribution in [0.3, 0.4) is 0 Å². The number of benzene rings is 1. The first-order valence-corrected chi connectivity index (χ1v) is 10.2. The Labute approximate surface area is 171 Å². The maximum Gasteiger partial charge on any atom is 0.247 e. The van der Waals surface area contributed by atoms with Crippen molar-refractivity contribution in [2.75, 3.05) is 18.0 Å². The van der Waals surface area contributed by atoms with E-state index in [1.807, 2.05) is 18.7 Å². The molecule has 2 aliphatic heterocycles. The summed E-state index contributed by atoms with van der Waals surface area (Å²) in [6, 6.07) is 4.67. The lowest BCUT2D eigenvalue weighted by molar-refractivity contribution is -0.121. The lowest BCUT2D eigenvalue weighted by atomic mass is 10.2. The minimum Gasteiger partial charge on any atom is -0.372 e. The first-order chi connectivity index (χ1) is 12.2. The Kier molecular flexibility index (Phi) is 6.14. The molecule has 2 fully saturated rings. The first kappa shape index (κ1) is 19.9. The molecule has 0 saturated carbocycles. The van der Waals surface area contributed by atoms with Crippen LogP contribution in [0, 0.1) is 0 Å². The predicted octanol–water partition coefficient (Wildman–Crippen LogP) is 3.75. The third-order valence-electron chi connectivity index (χ3n) is 4.13. The zero-order valence-electron chi connectivity index (χ0n) is 14.3. The van der Waals surface area contributed by atoms with Crippen LogP contribution in [0.25, 0.3) is 0 Å². The maximum absolute atomic E-state index is 12.8. The Morgan fingerprint density at radius 3 is 2.31 bits per heavy atom. The van der Waals surface area contributed by atoms with Crippen LogP contribution in [0.2, 0.25) is 10.0 Å². The van der Waals surface area contributed by atoms with Gasteiger partial charge in [0.15, 0.2) is 0 Å². The number of carbonyl (C=O) groups is 2. The topological polar surface area (TPSA) is 49.9 Å². The Balaban J connectivity index is 1.71. The summed E-state index contributed by atoms with van der Waals surface area (Å²) in [5, 5.41) is 0.202. The molecule has 0 spiro atoms. The van der Waals surface area contributed by atoms with Gasteiger partial charge in [-0.05, 0) is 32.0 Å². The van der Waals surface area contributed by atoms with E-state index < -0.39 is 5.25 Å². The summed E-state index contributed by atoms with van der Waals surface area (Å²) < 4.78 is 6.32. The summed E-state index contributed by atoms with van der Waals surface area (Å²) in [6.45, 7) is 5.34. The Hall–Kier alpha value is -0.860. The van der Waals surface area contributed by atoms with Crippen LogP contribution in [0.4, 0.5) is 5.69 Å². The number of rotatable bonds is 2. The summed E-state index contributed by atoms with van der Waals surface area (Å²) in [5.74, 6) is -0.576. The number of imide groups is 1. The van der Waals surface area contributed by atoms with Crippen LogP contribution >= 0.6 is 47.2 Å². The number of morpholine rings is 1. The molecule has 0 radical (unpaired) electrons. The Morgan fingerprint density at radius 1 is 1.15 bits per heavy atom. The third kappa shape index (κ3) is 4.34. The molecule has 26 heavy (non-hydrogen) atoms. The monoisotopic (exact) mass is 432 g/mol. The van der Waals surface area contributed by atoms with Gasteiger partial charge in [0.1, 0.15) is 9.57 Å². The van der Waals surface area contributed by atoms with E-state index in [-0.39, 0.29) is 30.4 Å². The van der Waals surface area contributed by atoms with Crippen molar-refractivity contribution in [2.45, 2.75) is 37.7 Å². The summed E-state index contributed by atoms with van der Waals surface area (Å²) in [7, 11) is 0. The smallest absolute Gasteiger partial charge is 0.247 e. The fourth-order valence-corrected chi connectivity index (χ4v) is 5.14. The zero-order valence-corrected chi connectivity index (χ0v) is 17.4. The highest BCUT2D eigenvalue weighted by atomic mass is 35.5. The van der Waals surface area contributed by atoms with Crippen molar-refractivity contribution < 1.29 is 14.3 Å². The molecule has 2 heterocycles.